The summed E-state index contributed by atoms with van der Waals surface area (Å²) in [4.78, 5) is 4.34. The molecule has 1 aliphatic rings. The molecule has 1 heterocycles. The second kappa shape index (κ2) is 11.1. The average molecular weight is 469 g/mol. The smallest absolute Gasteiger partial charge is 0.141 e. The van der Waals surface area contributed by atoms with Crippen molar-refractivity contribution in [3.63, 3.8) is 0 Å². The summed E-state index contributed by atoms with van der Waals surface area (Å²) < 4.78 is 9.41. The molecule has 1 saturated carbocycles. The maximum Gasteiger partial charge on any atom is 0.141 e. The van der Waals surface area contributed by atoms with Crippen molar-refractivity contribution >= 4 is 34.5 Å². The zero-order chi connectivity index (χ0) is 22.3. The highest BCUT2D eigenvalue weighted by atomic mass is 35.5. The summed E-state index contributed by atoms with van der Waals surface area (Å²) >= 11 is 8.04. The molecule has 1 aromatic heterocycles. The third-order valence-electron chi connectivity index (χ3n) is 5.54. The Morgan fingerprint density at radius 2 is 2.06 bits per heavy atom. The third kappa shape index (κ3) is 6.41. The number of pyridine rings is 1. The maximum absolute atomic E-state index is 9.90. The van der Waals surface area contributed by atoms with Gasteiger partial charge in [-0.05, 0) is 73.9 Å². The number of para-hydroxylation sites is 1. The van der Waals surface area contributed by atoms with E-state index in [0.717, 1.165) is 47.8 Å². The van der Waals surface area contributed by atoms with E-state index < -0.39 is 0 Å². The zero-order valence-corrected chi connectivity index (χ0v) is 19.8. The third-order valence-corrected chi connectivity index (χ3v) is 6.83. The molecule has 2 N–H and O–H groups in total. The summed E-state index contributed by atoms with van der Waals surface area (Å²) in [6.07, 6.45) is 8.60. The lowest BCUT2D eigenvalue weighted by Crippen LogP contribution is -2.11. The van der Waals surface area contributed by atoms with Gasteiger partial charge in [-0.3, -0.25) is 4.72 Å². The number of ether oxygens (including phenoxy) is 1. The summed E-state index contributed by atoms with van der Waals surface area (Å²) in [5, 5.41) is 11.2. The van der Waals surface area contributed by atoms with Crippen LogP contribution in [0.4, 0.5) is 0 Å². The number of fused-ring (bicyclic) bond motifs is 1. The molecule has 3 aromatic rings. The van der Waals surface area contributed by atoms with Gasteiger partial charge in [0.25, 0.3) is 0 Å². The fourth-order valence-electron chi connectivity index (χ4n) is 3.43. The molecule has 0 saturated heterocycles. The molecule has 4 nitrogen and oxygen atoms in total. The Hall–Kier alpha value is -2.21. The Morgan fingerprint density at radius 3 is 2.91 bits per heavy atom. The van der Waals surface area contributed by atoms with Crippen molar-refractivity contribution < 1.29 is 9.84 Å². The molecule has 0 aliphatic heterocycles. The number of rotatable bonds is 11. The number of phenols is 1. The van der Waals surface area contributed by atoms with Gasteiger partial charge in [0.2, 0.25) is 0 Å². The molecule has 2 aromatic carbocycles. The molecule has 0 unspecified atom stereocenters. The number of aromatic nitrogens is 1. The van der Waals surface area contributed by atoms with Crippen LogP contribution in [0.1, 0.15) is 43.4 Å². The van der Waals surface area contributed by atoms with Crippen LogP contribution < -0.4 is 9.46 Å². The molecule has 1 aliphatic carbocycles. The van der Waals surface area contributed by atoms with E-state index in [4.69, 9.17) is 16.3 Å². The fraction of sp³-hybridized carbons (Fsp3) is 0.346. The van der Waals surface area contributed by atoms with Crippen molar-refractivity contribution in [2.75, 3.05) is 12.4 Å². The number of phenolic OH excluding ortho intramolecular Hbond substituents is 1. The monoisotopic (exact) mass is 468 g/mol. The number of hydrogen-bond donors (Lipinski definition) is 2. The van der Waals surface area contributed by atoms with E-state index in [-0.39, 0.29) is 11.8 Å². The number of allylic oxidation sites excluding steroid dienone is 2. The summed E-state index contributed by atoms with van der Waals surface area (Å²) in [5.74, 6) is 2.87. The minimum Gasteiger partial charge on any atom is -0.506 e. The molecule has 0 radical (unpaired) electrons. The van der Waals surface area contributed by atoms with Crippen LogP contribution in [0, 0.1) is 5.92 Å². The van der Waals surface area contributed by atoms with Gasteiger partial charge in [-0.15, -0.1) is 0 Å². The molecule has 0 bridgehead atoms. The van der Waals surface area contributed by atoms with Crippen LogP contribution in [0.5, 0.6) is 11.5 Å². The van der Waals surface area contributed by atoms with Crippen LogP contribution >= 0.6 is 23.5 Å². The van der Waals surface area contributed by atoms with Gasteiger partial charge in [0.15, 0.2) is 0 Å². The summed E-state index contributed by atoms with van der Waals surface area (Å²) in [5.41, 5.74) is 2.75. The Balaban J connectivity index is 1.19. The van der Waals surface area contributed by atoms with E-state index in [1.165, 1.54) is 18.4 Å². The van der Waals surface area contributed by atoms with Crippen molar-refractivity contribution in [1.82, 2.24) is 9.71 Å². The lowest BCUT2D eigenvalue weighted by Gasteiger charge is -2.14. The predicted molar refractivity (Wildman–Crippen MR) is 135 cm³/mol. The first-order valence-electron chi connectivity index (χ1n) is 11.1. The second-order valence-corrected chi connectivity index (χ2v) is 9.56. The molecule has 4 rings (SSSR count). The van der Waals surface area contributed by atoms with Gasteiger partial charge >= 0.3 is 0 Å². The van der Waals surface area contributed by atoms with Crippen molar-refractivity contribution in [1.29, 1.82) is 0 Å². The van der Waals surface area contributed by atoms with Crippen molar-refractivity contribution in [2.45, 2.75) is 38.6 Å². The predicted octanol–water partition coefficient (Wildman–Crippen LogP) is 6.87. The molecular formula is C26H29ClN2O2S. The highest BCUT2D eigenvalue weighted by molar-refractivity contribution is 7.97. The standard InChI is InChI=1S/C26H29ClN2O2S/c1-18(20-8-5-10-23(16-20)31-17-19-12-13-19)29-32-14-4-2-3-7-22-15-21-9-6-11-24(30)25(21)28-26(22)27/h2-3,5-6,8-11,15-16,18-19,29-30H,4,7,12-14,17H2,1H3/b3-2+/t18-/m1/s1. The number of benzene rings is 2. The summed E-state index contributed by atoms with van der Waals surface area (Å²) in [7, 11) is 0. The summed E-state index contributed by atoms with van der Waals surface area (Å²) in [6, 6.07) is 16.0. The van der Waals surface area contributed by atoms with E-state index >= 15 is 0 Å². The van der Waals surface area contributed by atoms with E-state index in [0.29, 0.717) is 10.7 Å². The van der Waals surface area contributed by atoms with Gasteiger partial charge in [-0.25, -0.2) is 4.98 Å². The number of nitrogens with one attached hydrogen (secondary N) is 1. The number of hydrogen-bond acceptors (Lipinski definition) is 5. The quantitative estimate of drug-likeness (QED) is 0.139. The first-order chi connectivity index (χ1) is 15.6. The average Bonchev–Trinajstić information content (AvgIpc) is 3.63. The number of halogens is 1. The van der Waals surface area contributed by atoms with Crippen molar-refractivity contribution in [2.24, 2.45) is 5.92 Å². The van der Waals surface area contributed by atoms with E-state index in [2.05, 4.69) is 47.0 Å². The molecule has 6 heteroatoms. The van der Waals surface area contributed by atoms with Gasteiger partial charge in [0.05, 0.1) is 6.61 Å². The van der Waals surface area contributed by atoms with Gasteiger partial charge in [-0.1, -0.05) is 60.0 Å². The molecule has 0 spiro atoms. The van der Waals surface area contributed by atoms with Gasteiger partial charge in [0, 0.05) is 17.2 Å². The van der Waals surface area contributed by atoms with E-state index in [1.54, 1.807) is 18.0 Å². The Labute approximate surface area is 199 Å². The van der Waals surface area contributed by atoms with Crippen LogP contribution in [0.3, 0.4) is 0 Å². The van der Waals surface area contributed by atoms with E-state index in [9.17, 15) is 5.11 Å². The van der Waals surface area contributed by atoms with Crippen LogP contribution in [0.2, 0.25) is 5.15 Å². The summed E-state index contributed by atoms with van der Waals surface area (Å²) in [6.45, 7) is 3.02. The normalized spacial score (nSPS) is 14.8. The van der Waals surface area contributed by atoms with Crippen LogP contribution in [0.25, 0.3) is 10.9 Å². The van der Waals surface area contributed by atoms with Crippen LogP contribution in [0.15, 0.2) is 60.7 Å². The highest BCUT2D eigenvalue weighted by Crippen LogP contribution is 2.30. The topological polar surface area (TPSA) is 54.4 Å². The van der Waals surface area contributed by atoms with E-state index in [1.807, 2.05) is 24.3 Å². The molecule has 1 atom stereocenters. The highest BCUT2D eigenvalue weighted by Gasteiger charge is 2.22. The van der Waals surface area contributed by atoms with Crippen molar-refractivity contribution in [3.05, 3.63) is 77.0 Å². The minimum absolute atomic E-state index is 0.155. The molecule has 168 valence electrons. The Kier molecular flexibility index (Phi) is 7.95. The van der Waals surface area contributed by atoms with Gasteiger partial charge in [-0.2, -0.15) is 0 Å². The number of nitrogens with zero attached hydrogens (tertiary/aromatic N) is 1. The van der Waals surface area contributed by atoms with Crippen LogP contribution in [-0.4, -0.2) is 22.5 Å². The zero-order valence-electron chi connectivity index (χ0n) is 18.3. The Bertz CT molecular complexity index is 1080. The van der Waals surface area contributed by atoms with Gasteiger partial charge in [0.1, 0.15) is 22.2 Å². The first-order valence-corrected chi connectivity index (χ1v) is 12.5. The minimum atomic E-state index is 0.155. The lowest BCUT2D eigenvalue weighted by molar-refractivity contribution is 0.299. The van der Waals surface area contributed by atoms with Crippen molar-refractivity contribution in [3.8, 4) is 11.5 Å². The lowest BCUT2D eigenvalue weighted by atomic mass is 10.1. The maximum atomic E-state index is 9.90. The molecule has 1 fully saturated rings. The number of aromatic hydroxyl groups is 1. The van der Waals surface area contributed by atoms with Gasteiger partial charge < -0.3 is 9.84 Å². The largest absolute Gasteiger partial charge is 0.506 e. The molecular weight excluding hydrogens is 440 g/mol. The molecule has 32 heavy (non-hydrogen) atoms. The first kappa shape index (κ1) is 23.0. The second-order valence-electron chi connectivity index (χ2n) is 8.27. The van der Waals surface area contributed by atoms with Crippen LogP contribution in [-0.2, 0) is 6.42 Å². The Morgan fingerprint density at radius 1 is 1.22 bits per heavy atom. The fourth-order valence-corrected chi connectivity index (χ4v) is 4.40. The SMILES string of the molecule is C[C@@H](NSCC/C=C/Cc1cc2cccc(O)c2nc1Cl)c1cccc(OCC2CC2)c1. The molecule has 0 amide bonds.